The molecule has 0 aromatic heterocycles. The van der Waals surface area contributed by atoms with Crippen molar-refractivity contribution >= 4 is 23.6 Å². The van der Waals surface area contributed by atoms with E-state index in [1.165, 1.54) is 13.0 Å². The number of Topliss-reactive ketones (excluding diaryl/α,β-unsaturated/α-hetero) is 1. The van der Waals surface area contributed by atoms with Crippen LogP contribution in [0.2, 0.25) is 0 Å². The number of carbonyl (C=O) groups is 4. The SMILES string of the molecule is CC(=O)Oc1cccc(C(=O)NCC2CCN(C(=O)CCC(=O)c3ccc(C)cc3)CC2)c1. The number of ether oxygens (including phenoxy) is 1. The maximum Gasteiger partial charge on any atom is 0.308 e. The van der Waals surface area contributed by atoms with Crippen LogP contribution >= 0.6 is 0 Å². The lowest BCUT2D eigenvalue weighted by Gasteiger charge is -2.32. The van der Waals surface area contributed by atoms with Gasteiger partial charge in [-0.15, -0.1) is 0 Å². The van der Waals surface area contributed by atoms with Crippen molar-refractivity contribution in [3.8, 4) is 5.75 Å². The number of nitrogens with one attached hydrogen (secondary N) is 1. The Morgan fingerprint density at radius 1 is 0.970 bits per heavy atom. The average molecular weight is 451 g/mol. The zero-order valence-corrected chi connectivity index (χ0v) is 19.1. The van der Waals surface area contributed by atoms with Gasteiger partial charge in [-0.2, -0.15) is 0 Å². The second kappa shape index (κ2) is 11.4. The van der Waals surface area contributed by atoms with Crippen LogP contribution in [0.25, 0.3) is 0 Å². The largest absolute Gasteiger partial charge is 0.427 e. The van der Waals surface area contributed by atoms with Crippen LogP contribution in [0.15, 0.2) is 48.5 Å². The third-order valence-corrected chi connectivity index (χ3v) is 5.82. The van der Waals surface area contributed by atoms with Gasteiger partial charge in [0.2, 0.25) is 5.91 Å². The number of nitrogens with zero attached hydrogens (tertiary/aromatic N) is 1. The lowest BCUT2D eigenvalue weighted by Crippen LogP contribution is -2.41. The smallest absolute Gasteiger partial charge is 0.308 e. The molecular formula is C26H30N2O5. The predicted molar refractivity (Wildman–Crippen MR) is 124 cm³/mol. The first-order valence-electron chi connectivity index (χ1n) is 11.3. The monoisotopic (exact) mass is 450 g/mol. The minimum atomic E-state index is -0.437. The first-order chi connectivity index (χ1) is 15.8. The summed E-state index contributed by atoms with van der Waals surface area (Å²) in [5.74, 6) is -0.0591. The Hall–Kier alpha value is -3.48. The molecule has 2 aromatic carbocycles. The first kappa shape index (κ1) is 24.2. The van der Waals surface area contributed by atoms with Crippen molar-refractivity contribution in [1.82, 2.24) is 10.2 Å². The molecule has 1 heterocycles. The van der Waals surface area contributed by atoms with Gasteiger partial charge in [-0.05, 0) is 43.9 Å². The molecule has 7 heteroatoms. The Balaban J connectivity index is 1.39. The van der Waals surface area contributed by atoms with Crippen molar-refractivity contribution in [2.45, 2.75) is 39.5 Å². The highest BCUT2D eigenvalue weighted by Crippen LogP contribution is 2.19. The van der Waals surface area contributed by atoms with Gasteiger partial charge in [-0.3, -0.25) is 19.2 Å². The van der Waals surface area contributed by atoms with Gasteiger partial charge in [-0.1, -0.05) is 35.9 Å². The number of aryl methyl sites for hydroxylation is 1. The molecule has 0 spiro atoms. The van der Waals surface area contributed by atoms with Crippen molar-refractivity contribution < 1.29 is 23.9 Å². The zero-order chi connectivity index (χ0) is 23.8. The fraction of sp³-hybridized carbons (Fsp3) is 0.385. The van der Waals surface area contributed by atoms with E-state index in [0.717, 1.165) is 18.4 Å². The normalized spacial score (nSPS) is 13.9. The van der Waals surface area contributed by atoms with Crippen LogP contribution in [0.4, 0.5) is 0 Å². The van der Waals surface area contributed by atoms with Crippen LogP contribution in [0.3, 0.4) is 0 Å². The van der Waals surface area contributed by atoms with Gasteiger partial charge < -0.3 is 15.0 Å². The first-order valence-corrected chi connectivity index (χ1v) is 11.3. The van der Waals surface area contributed by atoms with Gasteiger partial charge in [0.15, 0.2) is 5.78 Å². The summed E-state index contributed by atoms with van der Waals surface area (Å²) in [6.45, 7) is 5.05. The number of ketones is 1. The summed E-state index contributed by atoms with van der Waals surface area (Å²) < 4.78 is 5.02. The Bertz CT molecular complexity index is 1010. The molecule has 7 nitrogen and oxygen atoms in total. The number of rotatable bonds is 8. The number of esters is 1. The standard InChI is InChI=1S/C26H30N2O5/c1-18-6-8-21(9-7-18)24(30)10-11-25(31)28-14-12-20(13-15-28)17-27-26(32)22-4-3-5-23(16-22)33-19(2)29/h3-9,16,20H,10-15,17H2,1-2H3,(H,27,32). The number of hydrogen-bond donors (Lipinski definition) is 1. The molecule has 0 bridgehead atoms. The van der Waals surface area contributed by atoms with Crippen molar-refractivity contribution in [2.75, 3.05) is 19.6 Å². The van der Waals surface area contributed by atoms with Gasteiger partial charge in [0.05, 0.1) is 0 Å². The van der Waals surface area contributed by atoms with Gasteiger partial charge in [0, 0.05) is 50.5 Å². The van der Waals surface area contributed by atoms with Gasteiger partial charge in [0.25, 0.3) is 5.91 Å². The number of piperidine rings is 1. The summed E-state index contributed by atoms with van der Waals surface area (Å²) in [4.78, 5) is 50.1. The third kappa shape index (κ3) is 7.27. The number of amides is 2. The fourth-order valence-corrected chi connectivity index (χ4v) is 3.85. The molecule has 1 N–H and O–H groups in total. The molecule has 33 heavy (non-hydrogen) atoms. The minimum Gasteiger partial charge on any atom is -0.427 e. The Labute approximate surface area is 194 Å². The van der Waals surface area contributed by atoms with Crippen LogP contribution in [0, 0.1) is 12.8 Å². The molecule has 174 valence electrons. The molecule has 3 rings (SSSR count). The number of carbonyl (C=O) groups excluding carboxylic acids is 4. The Morgan fingerprint density at radius 2 is 1.67 bits per heavy atom. The van der Waals surface area contributed by atoms with Crippen LogP contribution in [-0.2, 0) is 9.59 Å². The second-order valence-electron chi connectivity index (χ2n) is 8.44. The fourth-order valence-electron chi connectivity index (χ4n) is 3.85. The molecule has 1 aliphatic rings. The topological polar surface area (TPSA) is 92.8 Å². The highest BCUT2D eigenvalue weighted by molar-refractivity contribution is 5.98. The van der Waals surface area contributed by atoms with Gasteiger partial charge >= 0.3 is 5.97 Å². The van der Waals surface area contributed by atoms with E-state index in [-0.39, 0.29) is 36.4 Å². The predicted octanol–water partition coefficient (Wildman–Crippen LogP) is 3.55. The molecule has 0 atom stereocenters. The van der Waals surface area contributed by atoms with Crippen molar-refractivity contribution in [1.29, 1.82) is 0 Å². The molecule has 1 fully saturated rings. The lowest BCUT2D eigenvalue weighted by molar-refractivity contribution is -0.133. The van der Waals surface area contributed by atoms with E-state index < -0.39 is 5.97 Å². The molecule has 0 radical (unpaired) electrons. The third-order valence-electron chi connectivity index (χ3n) is 5.82. The lowest BCUT2D eigenvalue weighted by atomic mass is 9.96. The van der Waals surface area contributed by atoms with Crippen LogP contribution in [-0.4, -0.2) is 48.1 Å². The highest BCUT2D eigenvalue weighted by Gasteiger charge is 2.23. The highest BCUT2D eigenvalue weighted by atomic mass is 16.5. The Kier molecular flexibility index (Phi) is 8.35. The van der Waals surface area contributed by atoms with E-state index in [2.05, 4.69) is 5.32 Å². The molecule has 2 aromatic rings. The quantitative estimate of drug-likeness (QED) is 0.377. The molecule has 2 amide bonds. The van der Waals surface area contributed by atoms with E-state index in [1.54, 1.807) is 30.3 Å². The Morgan fingerprint density at radius 3 is 2.33 bits per heavy atom. The minimum absolute atomic E-state index is 0.000216. The van der Waals surface area contributed by atoms with Crippen LogP contribution < -0.4 is 10.1 Å². The van der Waals surface area contributed by atoms with Gasteiger partial charge in [-0.25, -0.2) is 0 Å². The van der Waals surface area contributed by atoms with Crippen molar-refractivity contribution in [3.05, 3.63) is 65.2 Å². The number of likely N-dealkylation sites (tertiary alicyclic amines) is 1. The molecule has 1 aliphatic heterocycles. The van der Waals surface area contributed by atoms with E-state index in [4.69, 9.17) is 4.74 Å². The van der Waals surface area contributed by atoms with Gasteiger partial charge in [0.1, 0.15) is 5.75 Å². The molecule has 0 aliphatic carbocycles. The number of benzene rings is 2. The summed E-state index contributed by atoms with van der Waals surface area (Å²) in [6, 6.07) is 13.9. The maximum absolute atomic E-state index is 12.5. The van der Waals surface area contributed by atoms with E-state index in [1.807, 2.05) is 24.0 Å². The van der Waals surface area contributed by atoms with Crippen molar-refractivity contribution in [3.63, 3.8) is 0 Å². The summed E-state index contributed by atoms with van der Waals surface area (Å²) in [5.41, 5.74) is 2.16. The number of hydrogen-bond acceptors (Lipinski definition) is 5. The summed E-state index contributed by atoms with van der Waals surface area (Å²) >= 11 is 0. The second-order valence-corrected chi connectivity index (χ2v) is 8.44. The summed E-state index contributed by atoms with van der Waals surface area (Å²) in [6.07, 6.45) is 2.02. The molecular weight excluding hydrogens is 420 g/mol. The average Bonchev–Trinajstić information content (AvgIpc) is 2.81. The van der Waals surface area contributed by atoms with Crippen LogP contribution in [0.1, 0.15) is 58.9 Å². The van der Waals surface area contributed by atoms with Crippen molar-refractivity contribution in [2.24, 2.45) is 5.92 Å². The van der Waals surface area contributed by atoms with E-state index >= 15 is 0 Å². The van der Waals surface area contributed by atoms with E-state index in [9.17, 15) is 19.2 Å². The van der Waals surface area contributed by atoms with E-state index in [0.29, 0.717) is 36.5 Å². The maximum atomic E-state index is 12.5. The molecule has 0 unspecified atom stereocenters. The molecule has 1 saturated heterocycles. The zero-order valence-electron chi connectivity index (χ0n) is 19.1. The molecule has 0 saturated carbocycles. The van der Waals surface area contributed by atoms with Crippen LogP contribution in [0.5, 0.6) is 5.75 Å². The summed E-state index contributed by atoms with van der Waals surface area (Å²) in [5, 5.41) is 2.93. The summed E-state index contributed by atoms with van der Waals surface area (Å²) in [7, 11) is 0.